The normalized spacial score (nSPS) is 19.8. The molecule has 1 aliphatic rings. The number of thiophene rings is 1. The number of hydrogen-bond acceptors (Lipinski definition) is 2. The quantitative estimate of drug-likeness (QED) is 0.768. The highest BCUT2D eigenvalue weighted by atomic mass is 79.9. The van der Waals surface area contributed by atoms with Crippen LogP contribution in [0.25, 0.3) is 10.7 Å². The van der Waals surface area contributed by atoms with Gasteiger partial charge in [0.05, 0.1) is 8.66 Å². The lowest BCUT2D eigenvalue weighted by Crippen LogP contribution is -2.13. The molecule has 0 fully saturated rings. The first-order chi connectivity index (χ1) is 7.75. The fourth-order valence-corrected chi connectivity index (χ4v) is 3.74. The zero-order valence-corrected chi connectivity index (χ0v) is 11.5. The van der Waals surface area contributed by atoms with Gasteiger partial charge in [0.25, 0.3) is 0 Å². The Morgan fingerprint density at radius 3 is 3.12 bits per heavy atom. The molecule has 0 aliphatic carbocycles. The predicted octanol–water partition coefficient (Wildman–Crippen LogP) is 4.27. The van der Waals surface area contributed by atoms with Gasteiger partial charge in [0.2, 0.25) is 0 Å². The second-order valence-corrected chi connectivity index (χ2v) is 6.77. The van der Waals surface area contributed by atoms with E-state index in [1.807, 2.05) is 6.20 Å². The maximum atomic E-state index is 4.58. The van der Waals surface area contributed by atoms with Crippen molar-refractivity contribution in [3.63, 3.8) is 0 Å². The maximum Gasteiger partial charge on any atom is 0.150 e. The summed E-state index contributed by atoms with van der Waals surface area (Å²) in [5, 5.41) is 0. The fourth-order valence-electron chi connectivity index (χ4n) is 2.35. The number of nitrogens with zero attached hydrogens (tertiary/aromatic N) is 2. The minimum Gasteiger partial charge on any atom is -0.327 e. The van der Waals surface area contributed by atoms with E-state index in [1.165, 1.54) is 27.2 Å². The molecule has 1 aliphatic heterocycles. The standard InChI is InChI=1S/C12H13BrN2S/c1-8-3-2-6-15-9(8)7-14-12(15)10-4-5-11(13)16-10/h4-5,7-8H,2-3,6H2,1H3. The van der Waals surface area contributed by atoms with Crippen LogP contribution in [0.4, 0.5) is 0 Å². The van der Waals surface area contributed by atoms with Gasteiger partial charge in [-0.15, -0.1) is 11.3 Å². The molecule has 1 atom stereocenters. The van der Waals surface area contributed by atoms with Crippen molar-refractivity contribution in [1.82, 2.24) is 9.55 Å². The first kappa shape index (κ1) is 10.5. The average Bonchev–Trinajstić information content (AvgIpc) is 2.84. The third-order valence-corrected chi connectivity index (χ3v) is 4.82. The van der Waals surface area contributed by atoms with Crippen LogP contribution in [0.15, 0.2) is 22.1 Å². The average molecular weight is 297 g/mol. The molecule has 16 heavy (non-hydrogen) atoms. The number of imidazole rings is 1. The van der Waals surface area contributed by atoms with E-state index in [2.05, 4.69) is 44.5 Å². The summed E-state index contributed by atoms with van der Waals surface area (Å²) in [4.78, 5) is 5.84. The monoisotopic (exact) mass is 296 g/mol. The van der Waals surface area contributed by atoms with Gasteiger partial charge in [0.15, 0.2) is 0 Å². The summed E-state index contributed by atoms with van der Waals surface area (Å²) in [5.74, 6) is 1.79. The highest BCUT2D eigenvalue weighted by Crippen LogP contribution is 2.35. The Bertz CT molecular complexity index is 515. The van der Waals surface area contributed by atoms with Crippen LogP contribution in [0, 0.1) is 0 Å². The van der Waals surface area contributed by atoms with Gasteiger partial charge < -0.3 is 4.57 Å². The largest absolute Gasteiger partial charge is 0.327 e. The molecular weight excluding hydrogens is 284 g/mol. The predicted molar refractivity (Wildman–Crippen MR) is 70.9 cm³/mol. The Hall–Kier alpha value is -0.610. The van der Waals surface area contributed by atoms with Crippen molar-refractivity contribution >= 4 is 27.3 Å². The van der Waals surface area contributed by atoms with Crippen LogP contribution in [0.2, 0.25) is 0 Å². The molecule has 84 valence electrons. The third kappa shape index (κ3) is 1.64. The minimum atomic E-state index is 0.651. The zero-order chi connectivity index (χ0) is 11.1. The molecule has 2 aromatic heterocycles. The van der Waals surface area contributed by atoms with Crippen molar-refractivity contribution < 1.29 is 0 Å². The van der Waals surface area contributed by atoms with Crippen LogP contribution in [0.3, 0.4) is 0 Å². The third-order valence-electron chi connectivity index (χ3n) is 3.20. The van der Waals surface area contributed by atoms with E-state index in [0.29, 0.717) is 5.92 Å². The Labute approximate surface area is 107 Å². The van der Waals surface area contributed by atoms with E-state index < -0.39 is 0 Å². The lowest BCUT2D eigenvalue weighted by Gasteiger charge is -2.21. The Kier molecular flexibility index (Phi) is 2.64. The maximum absolute atomic E-state index is 4.58. The molecule has 3 heterocycles. The van der Waals surface area contributed by atoms with E-state index in [1.54, 1.807) is 11.3 Å². The molecule has 0 saturated heterocycles. The Morgan fingerprint density at radius 2 is 2.38 bits per heavy atom. The lowest BCUT2D eigenvalue weighted by molar-refractivity contribution is 0.478. The molecule has 2 aromatic rings. The summed E-state index contributed by atoms with van der Waals surface area (Å²) in [6.45, 7) is 3.41. The first-order valence-corrected chi connectivity index (χ1v) is 7.18. The van der Waals surface area contributed by atoms with E-state index in [0.717, 1.165) is 12.4 Å². The van der Waals surface area contributed by atoms with E-state index >= 15 is 0 Å². The van der Waals surface area contributed by atoms with Crippen molar-refractivity contribution in [1.29, 1.82) is 0 Å². The molecule has 0 aromatic carbocycles. The molecule has 0 amide bonds. The van der Waals surface area contributed by atoms with Crippen LogP contribution in [-0.4, -0.2) is 9.55 Å². The highest BCUT2D eigenvalue weighted by Gasteiger charge is 2.21. The van der Waals surface area contributed by atoms with E-state index in [9.17, 15) is 0 Å². The van der Waals surface area contributed by atoms with Gasteiger partial charge in [-0.1, -0.05) is 6.92 Å². The first-order valence-electron chi connectivity index (χ1n) is 5.57. The topological polar surface area (TPSA) is 17.8 Å². The van der Waals surface area contributed by atoms with Gasteiger partial charge in [-0.3, -0.25) is 0 Å². The zero-order valence-electron chi connectivity index (χ0n) is 9.11. The summed E-state index contributed by atoms with van der Waals surface area (Å²) < 4.78 is 3.55. The van der Waals surface area contributed by atoms with E-state index in [4.69, 9.17) is 0 Å². The van der Waals surface area contributed by atoms with Crippen molar-refractivity contribution in [2.75, 3.05) is 0 Å². The van der Waals surface area contributed by atoms with Gasteiger partial charge in [-0.25, -0.2) is 4.98 Å². The molecular formula is C12H13BrN2S. The van der Waals surface area contributed by atoms with Crippen LogP contribution >= 0.6 is 27.3 Å². The van der Waals surface area contributed by atoms with Crippen molar-refractivity contribution in [2.24, 2.45) is 0 Å². The summed E-state index contributed by atoms with van der Waals surface area (Å²) in [6.07, 6.45) is 4.61. The second kappa shape index (κ2) is 4.00. The van der Waals surface area contributed by atoms with Crippen LogP contribution in [-0.2, 0) is 6.54 Å². The molecule has 4 heteroatoms. The SMILES string of the molecule is CC1CCCn2c1cnc2-c1ccc(Br)s1. The second-order valence-electron chi connectivity index (χ2n) is 4.31. The summed E-state index contributed by atoms with van der Waals surface area (Å²) >= 11 is 5.26. The molecule has 0 radical (unpaired) electrons. The van der Waals surface area contributed by atoms with Crippen LogP contribution < -0.4 is 0 Å². The molecule has 2 nitrogen and oxygen atoms in total. The number of fused-ring (bicyclic) bond motifs is 1. The van der Waals surface area contributed by atoms with Crippen LogP contribution in [0.1, 0.15) is 31.4 Å². The molecule has 3 rings (SSSR count). The van der Waals surface area contributed by atoms with Gasteiger partial charge in [-0.2, -0.15) is 0 Å². The summed E-state index contributed by atoms with van der Waals surface area (Å²) in [6, 6.07) is 4.23. The molecule has 0 saturated carbocycles. The Balaban J connectivity index is 2.09. The molecule has 0 N–H and O–H groups in total. The smallest absolute Gasteiger partial charge is 0.150 e. The number of halogens is 1. The van der Waals surface area contributed by atoms with Crippen molar-refractivity contribution in [3.05, 3.63) is 27.8 Å². The number of rotatable bonds is 1. The summed E-state index contributed by atoms with van der Waals surface area (Å²) in [5.41, 5.74) is 1.39. The van der Waals surface area contributed by atoms with Crippen molar-refractivity contribution in [2.45, 2.75) is 32.2 Å². The number of hydrogen-bond donors (Lipinski definition) is 0. The highest BCUT2D eigenvalue weighted by molar-refractivity contribution is 9.11. The molecule has 0 spiro atoms. The fraction of sp³-hybridized carbons (Fsp3) is 0.417. The Morgan fingerprint density at radius 1 is 1.50 bits per heavy atom. The minimum absolute atomic E-state index is 0.651. The van der Waals surface area contributed by atoms with Gasteiger partial charge in [-0.05, 0) is 46.8 Å². The number of aromatic nitrogens is 2. The van der Waals surface area contributed by atoms with Crippen molar-refractivity contribution in [3.8, 4) is 10.7 Å². The summed E-state index contributed by atoms with van der Waals surface area (Å²) in [7, 11) is 0. The molecule has 1 unspecified atom stereocenters. The van der Waals surface area contributed by atoms with Gasteiger partial charge in [0, 0.05) is 18.4 Å². The van der Waals surface area contributed by atoms with Crippen LogP contribution in [0.5, 0.6) is 0 Å². The van der Waals surface area contributed by atoms with Gasteiger partial charge in [0.1, 0.15) is 5.82 Å². The lowest BCUT2D eigenvalue weighted by atomic mass is 9.99. The van der Waals surface area contributed by atoms with Gasteiger partial charge >= 0.3 is 0 Å². The molecule has 0 bridgehead atoms. The van der Waals surface area contributed by atoms with E-state index in [-0.39, 0.29) is 0 Å².